The summed E-state index contributed by atoms with van der Waals surface area (Å²) >= 11 is 0. The second-order valence-electron chi connectivity index (χ2n) is 5.10. The van der Waals surface area contributed by atoms with Crippen molar-refractivity contribution in [3.8, 4) is 0 Å². The topological polar surface area (TPSA) is 18.5 Å². The number of hydrogen-bond donors (Lipinski definition) is 0. The summed E-state index contributed by atoms with van der Waals surface area (Å²) in [5, 5.41) is 0. The smallest absolute Gasteiger partial charge is 0.0716 e. The highest BCUT2D eigenvalue weighted by molar-refractivity contribution is 5.34. The van der Waals surface area contributed by atoms with Crippen molar-refractivity contribution in [2.45, 2.75) is 39.4 Å². The van der Waals surface area contributed by atoms with Gasteiger partial charge in [-0.3, -0.25) is 0 Å². The van der Waals surface area contributed by atoms with Gasteiger partial charge < -0.3 is 9.47 Å². The highest BCUT2D eigenvalue weighted by Gasteiger charge is 2.15. The Morgan fingerprint density at radius 3 is 2.00 bits per heavy atom. The monoisotopic (exact) mass is 222 g/mol. The standard InChI is InChI=1S/C14H22O2/c1-14(2,3)13-7-6-11(9-15-4)12(8-13)10-16-5/h6-8H,9-10H2,1-5H3. The van der Waals surface area contributed by atoms with Crippen LogP contribution in [0.5, 0.6) is 0 Å². The molecule has 0 aliphatic carbocycles. The first-order valence-electron chi connectivity index (χ1n) is 5.59. The molecule has 0 bridgehead atoms. The third-order valence-corrected chi connectivity index (χ3v) is 2.67. The van der Waals surface area contributed by atoms with Crippen LogP contribution in [0, 0.1) is 0 Å². The lowest BCUT2D eigenvalue weighted by Gasteiger charge is -2.21. The molecule has 16 heavy (non-hydrogen) atoms. The summed E-state index contributed by atoms with van der Waals surface area (Å²) in [6.07, 6.45) is 0. The lowest BCUT2D eigenvalue weighted by molar-refractivity contribution is 0.168. The number of rotatable bonds is 4. The molecule has 0 aromatic heterocycles. The molecule has 0 saturated heterocycles. The van der Waals surface area contributed by atoms with Gasteiger partial charge >= 0.3 is 0 Å². The zero-order valence-electron chi connectivity index (χ0n) is 11.0. The van der Waals surface area contributed by atoms with Crippen molar-refractivity contribution in [1.29, 1.82) is 0 Å². The molecule has 0 aliphatic heterocycles. The largest absolute Gasteiger partial charge is 0.380 e. The molecule has 1 aromatic rings. The first-order valence-corrected chi connectivity index (χ1v) is 5.59. The zero-order valence-corrected chi connectivity index (χ0v) is 11.0. The van der Waals surface area contributed by atoms with Gasteiger partial charge in [-0.25, -0.2) is 0 Å². The quantitative estimate of drug-likeness (QED) is 0.778. The summed E-state index contributed by atoms with van der Waals surface area (Å²) in [6, 6.07) is 6.53. The maximum atomic E-state index is 5.23. The Kier molecular flexibility index (Phi) is 4.51. The second kappa shape index (κ2) is 5.46. The highest BCUT2D eigenvalue weighted by atomic mass is 16.5. The van der Waals surface area contributed by atoms with E-state index >= 15 is 0 Å². The van der Waals surface area contributed by atoms with Gasteiger partial charge in [0, 0.05) is 14.2 Å². The Labute approximate surface area is 98.6 Å². The molecule has 0 fully saturated rings. The average molecular weight is 222 g/mol. The number of benzene rings is 1. The molecule has 0 amide bonds. The molecule has 90 valence electrons. The number of hydrogen-bond acceptors (Lipinski definition) is 2. The van der Waals surface area contributed by atoms with Crippen LogP contribution in [0.15, 0.2) is 18.2 Å². The molecule has 0 atom stereocenters. The fraction of sp³-hybridized carbons (Fsp3) is 0.571. The van der Waals surface area contributed by atoms with Crippen LogP contribution in [-0.4, -0.2) is 14.2 Å². The maximum absolute atomic E-state index is 5.23. The molecule has 0 N–H and O–H groups in total. The van der Waals surface area contributed by atoms with E-state index in [2.05, 4.69) is 39.0 Å². The van der Waals surface area contributed by atoms with Crippen molar-refractivity contribution in [1.82, 2.24) is 0 Å². The molecule has 0 heterocycles. The van der Waals surface area contributed by atoms with Crippen LogP contribution in [0.2, 0.25) is 0 Å². The fourth-order valence-corrected chi connectivity index (χ4v) is 1.68. The van der Waals surface area contributed by atoms with Crippen LogP contribution in [0.25, 0.3) is 0 Å². The summed E-state index contributed by atoms with van der Waals surface area (Å²) in [7, 11) is 3.44. The Morgan fingerprint density at radius 1 is 0.938 bits per heavy atom. The molecule has 1 rings (SSSR count). The van der Waals surface area contributed by atoms with Crippen molar-refractivity contribution in [2.75, 3.05) is 14.2 Å². The van der Waals surface area contributed by atoms with Gasteiger partial charge in [-0.2, -0.15) is 0 Å². The summed E-state index contributed by atoms with van der Waals surface area (Å²) in [5.74, 6) is 0. The minimum Gasteiger partial charge on any atom is -0.380 e. The molecule has 0 saturated carbocycles. The van der Waals surface area contributed by atoms with E-state index in [0.29, 0.717) is 13.2 Å². The van der Waals surface area contributed by atoms with Crippen molar-refractivity contribution < 1.29 is 9.47 Å². The van der Waals surface area contributed by atoms with E-state index in [4.69, 9.17) is 9.47 Å². The Balaban J connectivity index is 3.06. The Bertz CT molecular complexity index is 337. The van der Waals surface area contributed by atoms with Gasteiger partial charge in [0.2, 0.25) is 0 Å². The molecule has 0 spiro atoms. The van der Waals surface area contributed by atoms with Crippen LogP contribution in [0.4, 0.5) is 0 Å². The van der Waals surface area contributed by atoms with E-state index in [9.17, 15) is 0 Å². The fourth-order valence-electron chi connectivity index (χ4n) is 1.68. The van der Waals surface area contributed by atoms with Gasteiger partial charge in [0.05, 0.1) is 13.2 Å². The van der Waals surface area contributed by atoms with Crippen molar-refractivity contribution in [3.63, 3.8) is 0 Å². The minimum atomic E-state index is 0.175. The number of ether oxygens (including phenoxy) is 2. The van der Waals surface area contributed by atoms with Crippen LogP contribution in [0.3, 0.4) is 0 Å². The molecule has 2 heteroatoms. The predicted octanol–water partition coefficient (Wildman–Crippen LogP) is 3.28. The van der Waals surface area contributed by atoms with E-state index in [1.54, 1.807) is 14.2 Å². The Morgan fingerprint density at radius 2 is 1.50 bits per heavy atom. The molecule has 2 nitrogen and oxygen atoms in total. The Hall–Kier alpha value is -0.860. The van der Waals surface area contributed by atoms with Crippen molar-refractivity contribution in [2.24, 2.45) is 0 Å². The first-order chi connectivity index (χ1) is 7.49. The van der Waals surface area contributed by atoms with Gasteiger partial charge in [-0.1, -0.05) is 39.0 Å². The van der Waals surface area contributed by atoms with Crippen LogP contribution in [-0.2, 0) is 28.1 Å². The first kappa shape index (κ1) is 13.2. The minimum absolute atomic E-state index is 0.175. The van der Waals surface area contributed by atoms with Gasteiger partial charge in [0.25, 0.3) is 0 Å². The van der Waals surface area contributed by atoms with Crippen molar-refractivity contribution in [3.05, 3.63) is 34.9 Å². The van der Waals surface area contributed by atoms with E-state index in [1.807, 2.05) is 0 Å². The van der Waals surface area contributed by atoms with Crippen LogP contribution >= 0.6 is 0 Å². The van der Waals surface area contributed by atoms with E-state index in [0.717, 1.165) is 0 Å². The van der Waals surface area contributed by atoms with Gasteiger partial charge in [-0.15, -0.1) is 0 Å². The molecule has 0 radical (unpaired) electrons. The molecular formula is C14H22O2. The zero-order chi connectivity index (χ0) is 12.2. The summed E-state index contributed by atoms with van der Waals surface area (Å²) < 4.78 is 10.4. The number of methoxy groups -OCH3 is 2. The maximum Gasteiger partial charge on any atom is 0.0716 e. The molecule has 1 aromatic carbocycles. The SMILES string of the molecule is COCc1ccc(C(C)(C)C)cc1COC. The highest BCUT2D eigenvalue weighted by Crippen LogP contribution is 2.25. The average Bonchev–Trinajstić information content (AvgIpc) is 2.19. The van der Waals surface area contributed by atoms with E-state index in [-0.39, 0.29) is 5.41 Å². The molecule has 0 aliphatic rings. The second-order valence-corrected chi connectivity index (χ2v) is 5.10. The lowest BCUT2D eigenvalue weighted by atomic mass is 9.85. The lowest BCUT2D eigenvalue weighted by Crippen LogP contribution is -2.12. The molecular weight excluding hydrogens is 200 g/mol. The predicted molar refractivity (Wildman–Crippen MR) is 66.6 cm³/mol. The van der Waals surface area contributed by atoms with Gasteiger partial charge in [-0.05, 0) is 22.1 Å². The molecule has 0 unspecified atom stereocenters. The normalized spacial score (nSPS) is 11.8. The van der Waals surface area contributed by atoms with Gasteiger partial charge in [0.15, 0.2) is 0 Å². The van der Waals surface area contributed by atoms with E-state index < -0.39 is 0 Å². The third-order valence-electron chi connectivity index (χ3n) is 2.67. The summed E-state index contributed by atoms with van der Waals surface area (Å²) in [4.78, 5) is 0. The van der Waals surface area contributed by atoms with E-state index in [1.165, 1.54) is 16.7 Å². The van der Waals surface area contributed by atoms with Crippen LogP contribution in [0.1, 0.15) is 37.5 Å². The third kappa shape index (κ3) is 3.32. The summed E-state index contributed by atoms with van der Waals surface area (Å²) in [5.41, 5.74) is 3.93. The van der Waals surface area contributed by atoms with Crippen molar-refractivity contribution >= 4 is 0 Å². The summed E-state index contributed by atoms with van der Waals surface area (Å²) in [6.45, 7) is 7.93. The van der Waals surface area contributed by atoms with Gasteiger partial charge in [0.1, 0.15) is 0 Å². The van der Waals surface area contributed by atoms with Crippen LogP contribution < -0.4 is 0 Å².